The molecule has 0 bridgehead atoms. The van der Waals surface area contributed by atoms with Crippen molar-refractivity contribution >= 4 is 33.8 Å². The number of benzene rings is 1. The van der Waals surface area contributed by atoms with Crippen molar-refractivity contribution in [3.8, 4) is 0 Å². The van der Waals surface area contributed by atoms with Crippen molar-refractivity contribution in [3.05, 3.63) is 46.3 Å². The normalized spacial score (nSPS) is 14.3. The molecule has 0 atom stereocenters. The van der Waals surface area contributed by atoms with Crippen molar-refractivity contribution in [1.82, 2.24) is 0 Å². The van der Waals surface area contributed by atoms with Crippen LogP contribution in [0.3, 0.4) is 0 Å². The van der Waals surface area contributed by atoms with Crippen LogP contribution in [0.15, 0.2) is 30.3 Å². The summed E-state index contributed by atoms with van der Waals surface area (Å²) in [6.45, 7) is 5.64. The third-order valence-electron chi connectivity index (χ3n) is 4.59. The van der Waals surface area contributed by atoms with Gasteiger partial charge in [0, 0.05) is 16.0 Å². The first-order valence-electron chi connectivity index (χ1n) is 9.18. The van der Waals surface area contributed by atoms with Gasteiger partial charge < -0.3 is 10.6 Å². The van der Waals surface area contributed by atoms with E-state index in [4.69, 9.17) is 0 Å². The Morgan fingerprint density at radius 2 is 1.65 bits per heavy atom. The molecule has 1 aliphatic carbocycles. The van der Waals surface area contributed by atoms with E-state index in [0.717, 1.165) is 36.9 Å². The summed E-state index contributed by atoms with van der Waals surface area (Å²) < 4.78 is 0. The smallest absolute Gasteiger partial charge is 0.258 e. The Morgan fingerprint density at radius 1 is 0.962 bits per heavy atom. The van der Waals surface area contributed by atoms with Crippen molar-refractivity contribution in [3.63, 3.8) is 0 Å². The lowest BCUT2D eigenvalue weighted by Gasteiger charge is -2.18. The van der Waals surface area contributed by atoms with E-state index in [-0.39, 0.29) is 11.8 Å². The lowest BCUT2D eigenvalue weighted by molar-refractivity contribution is -0.123. The van der Waals surface area contributed by atoms with Crippen LogP contribution in [-0.2, 0) is 17.6 Å². The monoisotopic (exact) mass is 370 g/mol. The highest BCUT2D eigenvalue weighted by molar-refractivity contribution is 7.17. The molecule has 1 aliphatic rings. The van der Waals surface area contributed by atoms with E-state index in [1.807, 2.05) is 51.1 Å². The van der Waals surface area contributed by atoms with Crippen molar-refractivity contribution in [1.29, 1.82) is 0 Å². The Hall–Kier alpha value is -2.14. The van der Waals surface area contributed by atoms with Gasteiger partial charge in [0.1, 0.15) is 5.00 Å². The zero-order valence-electron chi connectivity index (χ0n) is 15.6. The number of hydrogen-bond acceptors (Lipinski definition) is 3. The summed E-state index contributed by atoms with van der Waals surface area (Å²) in [5.41, 5.74) is 2.02. The molecular weight excluding hydrogens is 344 g/mol. The van der Waals surface area contributed by atoms with Gasteiger partial charge >= 0.3 is 0 Å². The fourth-order valence-electron chi connectivity index (χ4n) is 3.08. The maximum absolute atomic E-state index is 13.1. The number of para-hydroxylation sites is 1. The van der Waals surface area contributed by atoms with Crippen molar-refractivity contribution in [2.24, 2.45) is 5.41 Å². The van der Waals surface area contributed by atoms with Gasteiger partial charge in [0.2, 0.25) is 5.91 Å². The number of carbonyl (C=O) groups excluding carboxylic acids is 2. The lowest BCUT2D eigenvalue weighted by Crippen LogP contribution is -2.28. The number of anilines is 2. The van der Waals surface area contributed by atoms with Gasteiger partial charge in [-0.05, 0) is 43.4 Å². The van der Waals surface area contributed by atoms with Gasteiger partial charge in [0.05, 0.1) is 5.56 Å². The van der Waals surface area contributed by atoms with Crippen LogP contribution in [0.4, 0.5) is 10.7 Å². The van der Waals surface area contributed by atoms with Gasteiger partial charge in [0.25, 0.3) is 5.91 Å². The minimum absolute atomic E-state index is 0.0670. The minimum Gasteiger partial charge on any atom is -0.322 e. The largest absolute Gasteiger partial charge is 0.322 e. The van der Waals surface area contributed by atoms with E-state index in [0.29, 0.717) is 10.6 Å². The highest BCUT2D eigenvalue weighted by atomic mass is 32.1. The predicted molar refractivity (Wildman–Crippen MR) is 108 cm³/mol. The second kappa shape index (κ2) is 7.62. The molecule has 138 valence electrons. The molecular formula is C21H26N2O2S. The first kappa shape index (κ1) is 18.6. The second-order valence-electron chi connectivity index (χ2n) is 7.79. The fourth-order valence-corrected chi connectivity index (χ4v) is 4.36. The standard InChI is InChI=1S/C21H26N2O2S/c1-21(2,3)20(25)23-19-17(15-12-8-5-9-13-16(15)26-19)18(24)22-14-10-6-4-7-11-14/h4,6-7,10-11H,5,8-9,12-13H2,1-3H3,(H,22,24)(H,23,25). The van der Waals surface area contributed by atoms with Gasteiger partial charge in [0.15, 0.2) is 0 Å². The van der Waals surface area contributed by atoms with Gasteiger partial charge in [-0.3, -0.25) is 9.59 Å². The third-order valence-corrected chi connectivity index (χ3v) is 5.80. The number of fused-ring (bicyclic) bond motifs is 1. The third kappa shape index (κ3) is 4.15. The van der Waals surface area contributed by atoms with Crippen LogP contribution in [-0.4, -0.2) is 11.8 Å². The van der Waals surface area contributed by atoms with Crippen LogP contribution in [0.5, 0.6) is 0 Å². The average molecular weight is 371 g/mol. The first-order chi connectivity index (χ1) is 12.4. The number of amides is 2. The summed E-state index contributed by atoms with van der Waals surface area (Å²) in [6.07, 6.45) is 5.29. The van der Waals surface area contributed by atoms with E-state index in [2.05, 4.69) is 10.6 Å². The average Bonchev–Trinajstić information content (AvgIpc) is 2.76. The Bertz CT molecular complexity index is 803. The van der Waals surface area contributed by atoms with Crippen LogP contribution >= 0.6 is 11.3 Å². The molecule has 26 heavy (non-hydrogen) atoms. The molecule has 2 aromatic rings. The number of nitrogens with one attached hydrogen (secondary N) is 2. The van der Waals surface area contributed by atoms with E-state index < -0.39 is 5.41 Å². The predicted octanol–water partition coefficient (Wildman–Crippen LogP) is 5.25. The SMILES string of the molecule is CC(C)(C)C(=O)Nc1sc2c(c1C(=O)Nc1ccccc1)CCCCC2. The number of carbonyl (C=O) groups is 2. The fraction of sp³-hybridized carbons (Fsp3) is 0.429. The van der Waals surface area contributed by atoms with Gasteiger partial charge in [-0.15, -0.1) is 11.3 Å². The van der Waals surface area contributed by atoms with Crippen molar-refractivity contribution in [2.75, 3.05) is 10.6 Å². The van der Waals surface area contributed by atoms with Crippen molar-refractivity contribution in [2.45, 2.75) is 52.9 Å². The Labute approximate surface area is 159 Å². The highest BCUT2D eigenvalue weighted by Crippen LogP contribution is 2.38. The molecule has 0 spiro atoms. The zero-order valence-corrected chi connectivity index (χ0v) is 16.5. The molecule has 1 aromatic carbocycles. The molecule has 0 unspecified atom stereocenters. The summed E-state index contributed by atoms with van der Waals surface area (Å²) in [6, 6.07) is 9.45. The maximum atomic E-state index is 13.1. The molecule has 0 saturated heterocycles. The van der Waals surface area contributed by atoms with Crippen LogP contribution in [0, 0.1) is 5.41 Å². The molecule has 2 N–H and O–H groups in total. The number of thiophene rings is 1. The van der Waals surface area contributed by atoms with Crippen LogP contribution in [0.2, 0.25) is 0 Å². The number of hydrogen-bond donors (Lipinski definition) is 2. The van der Waals surface area contributed by atoms with E-state index >= 15 is 0 Å². The molecule has 0 saturated carbocycles. The van der Waals surface area contributed by atoms with Crippen LogP contribution in [0.25, 0.3) is 0 Å². The zero-order chi connectivity index (χ0) is 18.7. The summed E-state index contributed by atoms with van der Waals surface area (Å²) in [7, 11) is 0. The Balaban J connectivity index is 1.96. The molecule has 5 heteroatoms. The first-order valence-corrected chi connectivity index (χ1v) is 10.0. The second-order valence-corrected chi connectivity index (χ2v) is 8.90. The number of aryl methyl sites for hydroxylation is 1. The molecule has 0 radical (unpaired) electrons. The minimum atomic E-state index is -0.505. The summed E-state index contributed by atoms with van der Waals surface area (Å²) >= 11 is 1.57. The van der Waals surface area contributed by atoms with E-state index in [9.17, 15) is 9.59 Å². The number of rotatable bonds is 3. The highest BCUT2D eigenvalue weighted by Gasteiger charge is 2.28. The molecule has 1 heterocycles. The molecule has 2 amide bonds. The molecule has 0 fully saturated rings. The molecule has 4 nitrogen and oxygen atoms in total. The van der Waals surface area contributed by atoms with Gasteiger partial charge in [-0.25, -0.2) is 0 Å². The van der Waals surface area contributed by atoms with E-state index in [1.54, 1.807) is 11.3 Å². The summed E-state index contributed by atoms with van der Waals surface area (Å²) in [4.78, 5) is 26.8. The Morgan fingerprint density at radius 3 is 2.35 bits per heavy atom. The quantitative estimate of drug-likeness (QED) is 0.725. The van der Waals surface area contributed by atoms with Crippen LogP contribution in [0.1, 0.15) is 60.8 Å². The van der Waals surface area contributed by atoms with Gasteiger partial charge in [-0.1, -0.05) is 45.4 Å². The maximum Gasteiger partial charge on any atom is 0.258 e. The van der Waals surface area contributed by atoms with Gasteiger partial charge in [-0.2, -0.15) is 0 Å². The summed E-state index contributed by atoms with van der Waals surface area (Å²) in [5.74, 6) is -0.206. The molecule has 0 aliphatic heterocycles. The summed E-state index contributed by atoms with van der Waals surface area (Å²) in [5, 5.41) is 6.68. The van der Waals surface area contributed by atoms with Crippen molar-refractivity contribution < 1.29 is 9.59 Å². The molecule has 1 aromatic heterocycles. The van der Waals surface area contributed by atoms with E-state index in [1.165, 1.54) is 11.3 Å². The topological polar surface area (TPSA) is 58.2 Å². The molecule has 3 rings (SSSR count). The Kier molecular flexibility index (Phi) is 5.47. The van der Waals surface area contributed by atoms with Crippen LogP contribution < -0.4 is 10.6 Å². The lowest BCUT2D eigenvalue weighted by atomic mass is 9.95.